The summed E-state index contributed by atoms with van der Waals surface area (Å²) in [7, 11) is 0. The number of hydrogen-bond donors (Lipinski definition) is 0. The van der Waals surface area contributed by atoms with Gasteiger partial charge in [-0.05, 0) is 19.8 Å². The topological polar surface area (TPSA) is 64.3 Å². The first kappa shape index (κ1) is 13.4. The van der Waals surface area contributed by atoms with E-state index in [2.05, 4.69) is 20.0 Å². The SMILES string of the molecule is Cc1noc([C@@H]2C[C@@H]3OCC[C@@H]3N(Cc3nccs3)C2)n1. The average molecular weight is 306 g/mol. The van der Waals surface area contributed by atoms with Crippen LogP contribution < -0.4 is 0 Å². The number of hydrogen-bond acceptors (Lipinski definition) is 7. The molecule has 7 heteroatoms. The van der Waals surface area contributed by atoms with Gasteiger partial charge in [-0.2, -0.15) is 4.98 Å². The molecule has 2 aromatic rings. The maximum absolute atomic E-state index is 5.92. The normalized spacial score (nSPS) is 29.7. The second-order valence-electron chi connectivity index (χ2n) is 5.73. The Morgan fingerprint density at radius 2 is 2.43 bits per heavy atom. The number of thiazole rings is 1. The van der Waals surface area contributed by atoms with Crippen molar-refractivity contribution in [1.29, 1.82) is 0 Å². The number of likely N-dealkylation sites (tertiary alicyclic amines) is 1. The van der Waals surface area contributed by atoms with Gasteiger partial charge in [0.05, 0.1) is 18.6 Å². The average Bonchev–Trinajstić information content (AvgIpc) is 3.18. The van der Waals surface area contributed by atoms with Crippen LogP contribution >= 0.6 is 11.3 Å². The van der Waals surface area contributed by atoms with Crippen LogP contribution in [0.25, 0.3) is 0 Å². The number of aromatic nitrogens is 3. The lowest BCUT2D eigenvalue weighted by atomic mass is 9.90. The maximum atomic E-state index is 5.92. The minimum atomic E-state index is 0.255. The van der Waals surface area contributed by atoms with Crippen LogP contribution in [0, 0.1) is 6.92 Å². The van der Waals surface area contributed by atoms with Crippen molar-refractivity contribution in [2.45, 2.75) is 44.4 Å². The summed E-state index contributed by atoms with van der Waals surface area (Å²) in [5.74, 6) is 1.70. The molecule has 6 nitrogen and oxygen atoms in total. The highest BCUT2D eigenvalue weighted by atomic mass is 32.1. The van der Waals surface area contributed by atoms with E-state index in [0.29, 0.717) is 11.9 Å². The first-order valence-electron chi connectivity index (χ1n) is 7.34. The highest BCUT2D eigenvalue weighted by molar-refractivity contribution is 7.09. The van der Waals surface area contributed by atoms with Crippen LogP contribution in [0.2, 0.25) is 0 Å². The molecule has 0 aromatic carbocycles. The molecular formula is C14H18N4O2S. The molecule has 0 saturated carbocycles. The third kappa shape index (κ3) is 2.61. The zero-order valence-corrected chi connectivity index (χ0v) is 12.8. The van der Waals surface area contributed by atoms with Gasteiger partial charge in [0, 0.05) is 30.8 Å². The highest BCUT2D eigenvalue weighted by Gasteiger charge is 2.42. The highest BCUT2D eigenvalue weighted by Crippen LogP contribution is 2.36. The number of nitrogens with zero attached hydrogens (tertiary/aromatic N) is 4. The Labute approximate surface area is 127 Å². The van der Waals surface area contributed by atoms with Gasteiger partial charge in [0.1, 0.15) is 5.01 Å². The molecule has 21 heavy (non-hydrogen) atoms. The van der Waals surface area contributed by atoms with E-state index >= 15 is 0 Å². The van der Waals surface area contributed by atoms with Crippen LogP contribution in [0.5, 0.6) is 0 Å². The molecule has 0 N–H and O–H groups in total. The molecule has 2 saturated heterocycles. The van der Waals surface area contributed by atoms with Gasteiger partial charge in [0.25, 0.3) is 0 Å². The first-order chi connectivity index (χ1) is 10.3. The summed E-state index contributed by atoms with van der Waals surface area (Å²) in [6.07, 6.45) is 4.22. The van der Waals surface area contributed by atoms with Gasteiger partial charge in [0.2, 0.25) is 5.89 Å². The Bertz CT molecular complexity index is 600. The van der Waals surface area contributed by atoms with Gasteiger partial charge in [-0.15, -0.1) is 11.3 Å². The monoisotopic (exact) mass is 306 g/mol. The van der Waals surface area contributed by atoms with Crippen molar-refractivity contribution >= 4 is 11.3 Å². The van der Waals surface area contributed by atoms with Gasteiger partial charge in [-0.25, -0.2) is 4.98 Å². The van der Waals surface area contributed by atoms with Gasteiger partial charge in [-0.1, -0.05) is 5.16 Å². The largest absolute Gasteiger partial charge is 0.377 e. The molecule has 2 aliphatic rings. The smallest absolute Gasteiger partial charge is 0.231 e. The molecule has 0 bridgehead atoms. The van der Waals surface area contributed by atoms with Crippen molar-refractivity contribution in [2.24, 2.45) is 0 Å². The fourth-order valence-corrected chi connectivity index (χ4v) is 4.04. The van der Waals surface area contributed by atoms with Crippen molar-refractivity contribution in [1.82, 2.24) is 20.0 Å². The molecule has 4 rings (SSSR count). The minimum absolute atomic E-state index is 0.255. The molecule has 0 radical (unpaired) electrons. The fraction of sp³-hybridized carbons (Fsp3) is 0.643. The van der Waals surface area contributed by atoms with E-state index in [4.69, 9.17) is 9.26 Å². The summed E-state index contributed by atoms with van der Waals surface area (Å²) >= 11 is 1.71. The van der Waals surface area contributed by atoms with Gasteiger partial charge in [0.15, 0.2) is 5.82 Å². The predicted molar refractivity (Wildman–Crippen MR) is 77.1 cm³/mol. The zero-order valence-electron chi connectivity index (χ0n) is 11.9. The van der Waals surface area contributed by atoms with Crippen molar-refractivity contribution in [2.75, 3.05) is 13.2 Å². The lowest BCUT2D eigenvalue weighted by Gasteiger charge is -2.39. The second-order valence-corrected chi connectivity index (χ2v) is 6.71. The van der Waals surface area contributed by atoms with E-state index in [1.807, 2.05) is 18.5 Å². The summed E-state index contributed by atoms with van der Waals surface area (Å²) in [5, 5.41) is 7.11. The summed E-state index contributed by atoms with van der Waals surface area (Å²) < 4.78 is 11.3. The molecule has 0 unspecified atom stereocenters. The minimum Gasteiger partial charge on any atom is -0.377 e. The molecule has 2 fully saturated rings. The summed E-state index contributed by atoms with van der Waals surface area (Å²) in [4.78, 5) is 11.3. The number of piperidine rings is 1. The molecule has 4 heterocycles. The lowest BCUT2D eigenvalue weighted by molar-refractivity contribution is 0.00845. The maximum Gasteiger partial charge on any atom is 0.231 e. The molecule has 3 atom stereocenters. The van der Waals surface area contributed by atoms with Gasteiger partial charge < -0.3 is 9.26 Å². The molecule has 0 spiro atoms. The zero-order chi connectivity index (χ0) is 14.2. The standard InChI is InChI=1S/C14H18N4O2S/c1-9-16-14(20-17-9)10-6-12-11(2-4-19-12)18(7-10)8-13-15-3-5-21-13/h3,5,10-12H,2,4,6-8H2,1H3/t10-,11+,12+/m1/s1. The Morgan fingerprint density at radius 1 is 1.48 bits per heavy atom. The summed E-state index contributed by atoms with van der Waals surface area (Å²) in [5.41, 5.74) is 0. The molecule has 2 aromatic heterocycles. The molecule has 0 aliphatic carbocycles. The van der Waals surface area contributed by atoms with Crippen molar-refractivity contribution < 1.29 is 9.26 Å². The predicted octanol–water partition coefficient (Wildman–Crippen LogP) is 1.98. The van der Waals surface area contributed by atoms with Crippen molar-refractivity contribution in [3.8, 4) is 0 Å². The Balaban J connectivity index is 1.55. The van der Waals surface area contributed by atoms with E-state index in [0.717, 1.165) is 43.4 Å². The fourth-order valence-electron chi connectivity index (χ4n) is 3.40. The lowest BCUT2D eigenvalue weighted by Crippen LogP contribution is -2.48. The van der Waals surface area contributed by atoms with Gasteiger partial charge >= 0.3 is 0 Å². The van der Waals surface area contributed by atoms with Crippen LogP contribution in [0.15, 0.2) is 16.1 Å². The van der Waals surface area contributed by atoms with Crippen LogP contribution in [0.1, 0.15) is 35.5 Å². The summed E-state index contributed by atoms with van der Waals surface area (Å²) in [6.45, 7) is 4.52. The van der Waals surface area contributed by atoms with Gasteiger partial charge in [-0.3, -0.25) is 4.90 Å². The third-order valence-electron chi connectivity index (χ3n) is 4.33. The molecular weight excluding hydrogens is 288 g/mol. The number of ether oxygens (including phenoxy) is 1. The van der Waals surface area contributed by atoms with Crippen molar-refractivity contribution in [3.63, 3.8) is 0 Å². The summed E-state index contributed by atoms with van der Waals surface area (Å²) in [6, 6.07) is 0.495. The molecule has 0 amide bonds. The van der Waals surface area contributed by atoms with E-state index < -0.39 is 0 Å². The third-order valence-corrected chi connectivity index (χ3v) is 5.09. The number of fused-ring (bicyclic) bond motifs is 1. The first-order valence-corrected chi connectivity index (χ1v) is 8.22. The number of aryl methyl sites for hydroxylation is 1. The van der Waals surface area contributed by atoms with Crippen LogP contribution in [0.4, 0.5) is 0 Å². The van der Waals surface area contributed by atoms with E-state index in [1.54, 1.807) is 11.3 Å². The van der Waals surface area contributed by atoms with Crippen LogP contribution in [-0.4, -0.2) is 45.3 Å². The second kappa shape index (κ2) is 5.47. The van der Waals surface area contributed by atoms with Crippen LogP contribution in [-0.2, 0) is 11.3 Å². The van der Waals surface area contributed by atoms with E-state index in [9.17, 15) is 0 Å². The Morgan fingerprint density at radius 3 is 3.19 bits per heavy atom. The molecule has 112 valence electrons. The number of rotatable bonds is 3. The van der Waals surface area contributed by atoms with Crippen LogP contribution in [0.3, 0.4) is 0 Å². The van der Waals surface area contributed by atoms with E-state index in [-0.39, 0.29) is 12.0 Å². The Kier molecular flexibility index (Phi) is 3.48. The van der Waals surface area contributed by atoms with Crippen molar-refractivity contribution in [3.05, 3.63) is 28.3 Å². The molecule has 2 aliphatic heterocycles. The quantitative estimate of drug-likeness (QED) is 0.864. The van der Waals surface area contributed by atoms with E-state index in [1.165, 1.54) is 0 Å². The Hall–Kier alpha value is -1.31.